The van der Waals surface area contributed by atoms with Crippen LogP contribution in [0.25, 0.3) is 11.1 Å². The van der Waals surface area contributed by atoms with Crippen molar-refractivity contribution in [1.29, 1.82) is 0 Å². The van der Waals surface area contributed by atoms with Gasteiger partial charge in [0.2, 0.25) is 5.91 Å². The van der Waals surface area contributed by atoms with Gasteiger partial charge in [0, 0.05) is 17.9 Å². The molecule has 0 aliphatic carbocycles. The van der Waals surface area contributed by atoms with Gasteiger partial charge in [-0.3, -0.25) is 4.79 Å². The van der Waals surface area contributed by atoms with Crippen LogP contribution < -0.4 is 5.32 Å². The van der Waals surface area contributed by atoms with Gasteiger partial charge in [-0.05, 0) is 29.7 Å². The first-order valence-corrected chi connectivity index (χ1v) is 8.29. The molecule has 6 nitrogen and oxygen atoms in total. The van der Waals surface area contributed by atoms with Crippen molar-refractivity contribution in [3.8, 4) is 11.1 Å². The van der Waals surface area contributed by atoms with Gasteiger partial charge in [-0.25, -0.2) is 4.79 Å². The Bertz CT molecular complexity index is 753. The molecule has 128 valence electrons. The Morgan fingerprint density at radius 1 is 1.21 bits per heavy atom. The second kappa shape index (κ2) is 8.05. The average molecular weight is 349 g/mol. The third kappa shape index (κ3) is 3.81. The Balaban J connectivity index is 2.55. The summed E-state index contributed by atoms with van der Waals surface area (Å²) in [6, 6.07) is 5.17. The predicted molar refractivity (Wildman–Crippen MR) is 91.9 cm³/mol. The molecule has 1 amide bonds. The molecule has 1 heterocycles. The zero-order valence-electron chi connectivity index (χ0n) is 13.5. The Kier molecular flexibility index (Phi) is 6.08. The fourth-order valence-electron chi connectivity index (χ4n) is 2.32. The molecule has 0 atom stereocenters. The molecule has 0 saturated heterocycles. The van der Waals surface area contributed by atoms with Crippen LogP contribution in [0.15, 0.2) is 23.6 Å². The molecule has 0 bridgehead atoms. The molecule has 2 rings (SSSR count). The maximum atomic E-state index is 12.3. The lowest BCUT2D eigenvalue weighted by molar-refractivity contribution is -0.114. The molecule has 3 N–H and O–H groups in total. The van der Waals surface area contributed by atoms with Gasteiger partial charge in [0.1, 0.15) is 10.6 Å². The third-order valence-corrected chi connectivity index (χ3v) is 4.31. The van der Waals surface area contributed by atoms with Crippen molar-refractivity contribution in [2.75, 3.05) is 11.9 Å². The van der Waals surface area contributed by atoms with Crippen molar-refractivity contribution in [3.05, 3.63) is 40.3 Å². The number of hydrogen-bond donors (Lipinski definition) is 3. The minimum Gasteiger partial charge on any atom is -0.462 e. The molecule has 7 heteroatoms. The van der Waals surface area contributed by atoms with E-state index in [1.165, 1.54) is 18.3 Å². The van der Waals surface area contributed by atoms with E-state index in [9.17, 15) is 19.8 Å². The predicted octanol–water partition coefficient (Wildman–Crippen LogP) is 2.53. The molecular formula is C17H19NO5S. The highest BCUT2D eigenvalue weighted by atomic mass is 32.1. The third-order valence-electron chi connectivity index (χ3n) is 3.42. The Morgan fingerprint density at radius 2 is 1.92 bits per heavy atom. The number of esters is 1. The number of anilines is 1. The molecule has 0 spiro atoms. The van der Waals surface area contributed by atoms with Crippen LogP contribution in [0, 0.1) is 0 Å². The van der Waals surface area contributed by atoms with Gasteiger partial charge in [-0.1, -0.05) is 12.1 Å². The van der Waals surface area contributed by atoms with Crippen LogP contribution in [0.3, 0.4) is 0 Å². The van der Waals surface area contributed by atoms with Gasteiger partial charge >= 0.3 is 5.97 Å². The van der Waals surface area contributed by atoms with E-state index in [2.05, 4.69) is 5.32 Å². The standard InChI is InChI=1S/C17H19NO5S/c1-3-23-17(22)15-14(9-24-16(15)18-10(2)21)11-4-5-12(7-19)13(6-11)8-20/h4-6,9,19-20H,3,7-8H2,1-2H3,(H,18,21). The SMILES string of the molecule is CCOC(=O)c1c(-c2ccc(CO)c(CO)c2)csc1NC(C)=O. The topological polar surface area (TPSA) is 95.9 Å². The molecule has 1 aromatic carbocycles. The van der Waals surface area contributed by atoms with E-state index in [0.29, 0.717) is 27.3 Å². The Labute approximate surface area is 143 Å². The largest absolute Gasteiger partial charge is 0.462 e. The Morgan fingerprint density at radius 3 is 2.50 bits per heavy atom. The van der Waals surface area contributed by atoms with E-state index in [0.717, 1.165) is 0 Å². The monoisotopic (exact) mass is 349 g/mol. The van der Waals surface area contributed by atoms with Gasteiger partial charge in [0.25, 0.3) is 0 Å². The average Bonchev–Trinajstić information content (AvgIpc) is 2.97. The normalized spacial score (nSPS) is 10.5. The summed E-state index contributed by atoms with van der Waals surface area (Å²) in [5, 5.41) is 23.6. The van der Waals surface area contributed by atoms with Crippen molar-refractivity contribution < 1.29 is 24.5 Å². The lowest BCUT2D eigenvalue weighted by Crippen LogP contribution is -2.11. The lowest BCUT2D eigenvalue weighted by atomic mass is 9.98. The van der Waals surface area contributed by atoms with E-state index in [4.69, 9.17) is 4.74 Å². The Hall–Kier alpha value is -2.22. The smallest absolute Gasteiger partial charge is 0.341 e. The zero-order chi connectivity index (χ0) is 17.7. The number of nitrogens with one attached hydrogen (secondary N) is 1. The van der Waals surface area contributed by atoms with Crippen molar-refractivity contribution in [2.24, 2.45) is 0 Å². The summed E-state index contributed by atoms with van der Waals surface area (Å²) in [4.78, 5) is 23.7. The minimum atomic E-state index is -0.519. The molecule has 1 aromatic heterocycles. The highest BCUT2D eigenvalue weighted by Gasteiger charge is 2.22. The second-order valence-electron chi connectivity index (χ2n) is 5.05. The van der Waals surface area contributed by atoms with Gasteiger partial charge in [-0.15, -0.1) is 11.3 Å². The number of aliphatic hydroxyl groups excluding tert-OH is 2. The van der Waals surface area contributed by atoms with Crippen molar-refractivity contribution in [3.63, 3.8) is 0 Å². The van der Waals surface area contributed by atoms with Crippen LogP contribution in [-0.2, 0) is 22.7 Å². The number of rotatable bonds is 6. The molecule has 0 radical (unpaired) electrons. The molecule has 0 aliphatic heterocycles. The van der Waals surface area contributed by atoms with Crippen molar-refractivity contribution >= 4 is 28.2 Å². The summed E-state index contributed by atoms with van der Waals surface area (Å²) in [6.07, 6.45) is 0. The molecule has 0 unspecified atom stereocenters. The van der Waals surface area contributed by atoms with Gasteiger partial charge in [0.15, 0.2) is 0 Å². The van der Waals surface area contributed by atoms with E-state index >= 15 is 0 Å². The second-order valence-corrected chi connectivity index (χ2v) is 5.93. The summed E-state index contributed by atoms with van der Waals surface area (Å²) in [5.41, 5.74) is 2.81. The minimum absolute atomic E-state index is 0.179. The quantitative estimate of drug-likeness (QED) is 0.697. The highest BCUT2D eigenvalue weighted by molar-refractivity contribution is 7.15. The number of aliphatic hydroxyl groups is 2. The maximum Gasteiger partial charge on any atom is 0.341 e. The van der Waals surface area contributed by atoms with Gasteiger partial charge in [-0.2, -0.15) is 0 Å². The van der Waals surface area contributed by atoms with Gasteiger partial charge < -0.3 is 20.3 Å². The highest BCUT2D eigenvalue weighted by Crippen LogP contribution is 2.37. The number of carbonyl (C=O) groups excluding carboxylic acids is 2. The first-order valence-electron chi connectivity index (χ1n) is 7.41. The summed E-state index contributed by atoms with van der Waals surface area (Å²) in [6.45, 7) is 2.90. The molecule has 2 aromatic rings. The number of thiophene rings is 1. The van der Waals surface area contributed by atoms with E-state index in [1.807, 2.05) is 0 Å². The lowest BCUT2D eigenvalue weighted by Gasteiger charge is -2.10. The first-order chi connectivity index (χ1) is 11.5. The molecule has 24 heavy (non-hydrogen) atoms. The van der Waals surface area contributed by atoms with Crippen LogP contribution in [0.2, 0.25) is 0 Å². The van der Waals surface area contributed by atoms with E-state index < -0.39 is 5.97 Å². The van der Waals surface area contributed by atoms with Gasteiger partial charge in [0.05, 0.1) is 19.8 Å². The summed E-state index contributed by atoms with van der Waals surface area (Å²) in [5.74, 6) is -0.796. The number of amides is 1. The summed E-state index contributed by atoms with van der Waals surface area (Å²) < 4.78 is 5.10. The van der Waals surface area contributed by atoms with E-state index in [1.54, 1.807) is 30.5 Å². The molecule has 0 aliphatic rings. The number of carbonyl (C=O) groups is 2. The van der Waals surface area contributed by atoms with Crippen molar-refractivity contribution in [2.45, 2.75) is 27.1 Å². The van der Waals surface area contributed by atoms with Crippen LogP contribution >= 0.6 is 11.3 Å². The van der Waals surface area contributed by atoms with Crippen LogP contribution in [0.1, 0.15) is 35.3 Å². The fourth-order valence-corrected chi connectivity index (χ4v) is 3.33. The fraction of sp³-hybridized carbons (Fsp3) is 0.294. The zero-order valence-corrected chi connectivity index (χ0v) is 14.3. The van der Waals surface area contributed by atoms with Crippen LogP contribution in [-0.4, -0.2) is 28.7 Å². The number of benzene rings is 1. The summed E-state index contributed by atoms with van der Waals surface area (Å²) in [7, 11) is 0. The molecule has 0 saturated carbocycles. The maximum absolute atomic E-state index is 12.3. The molecular weight excluding hydrogens is 330 g/mol. The van der Waals surface area contributed by atoms with Crippen LogP contribution in [0.4, 0.5) is 5.00 Å². The number of hydrogen-bond acceptors (Lipinski definition) is 6. The molecule has 0 fully saturated rings. The summed E-state index contributed by atoms with van der Waals surface area (Å²) >= 11 is 1.23. The number of ether oxygens (including phenoxy) is 1. The van der Waals surface area contributed by atoms with E-state index in [-0.39, 0.29) is 31.3 Å². The first kappa shape index (κ1) is 18.1. The van der Waals surface area contributed by atoms with Crippen LogP contribution in [0.5, 0.6) is 0 Å². The van der Waals surface area contributed by atoms with Crippen molar-refractivity contribution in [1.82, 2.24) is 0 Å².